The Hall–Kier alpha value is -3.23. The standard InChI is InChI=1S/C27H29ClN2O3/c1-3-7-21-14-20(15-22(17-29)27(31)30-24-8-5-6-9-24)16-25(32-4-2)26(21)33-18-19-10-12-23(28)13-11-19/h3,10-16,24H,1,4-9,18H2,2H3,(H,30,31)/b22-15-. The lowest BCUT2D eigenvalue weighted by Gasteiger charge is -2.17. The van der Waals surface area contributed by atoms with Gasteiger partial charge in [-0.15, -0.1) is 6.58 Å². The van der Waals surface area contributed by atoms with E-state index in [-0.39, 0.29) is 17.5 Å². The van der Waals surface area contributed by atoms with E-state index < -0.39 is 0 Å². The largest absolute Gasteiger partial charge is 0.490 e. The molecule has 3 rings (SSSR count). The Labute approximate surface area is 200 Å². The number of ether oxygens (including phenoxy) is 2. The molecule has 0 atom stereocenters. The summed E-state index contributed by atoms with van der Waals surface area (Å²) in [6.45, 7) is 6.55. The minimum absolute atomic E-state index is 0.0729. The van der Waals surface area contributed by atoms with Crippen LogP contribution in [0.25, 0.3) is 6.08 Å². The van der Waals surface area contributed by atoms with Crippen LogP contribution < -0.4 is 14.8 Å². The maximum Gasteiger partial charge on any atom is 0.262 e. The van der Waals surface area contributed by atoms with E-state index in [2.05, 4.69) is 11.9 Å². The highest BCUT2D eigenvalue weighted by atomic mass is 35.5. The van der Waals surface area contributed by atoms with Crippen molar-refractivity contribution in [1.82, 2.24) is 5.32 Å². The third-order valence-electron chi connectivity index (χ3n) is 5.48. The van der Waals surface area contributed by atoms with Crippen molar-refractivity contribution in [2.24, 2.45) is 0 Å². The Bertz CT molecular complexity index is 1050. The fourth-order valence-electron chi connectivity index (χ4n) is 3.89. The van der Waals surface area contributed by atoms with E-state index in [9.17, 15) is 10.1 Å². The Morgan fingerprint density at radius 3 is 2.61 bits per heavy atom. The summed E-state index contributed by atoms with van der Waals surface area (Å²) in [5.41, 5.74) is 2.62. The van der Waals surface area contributed by atoms with E-state index >= 15 is 0 Å². The Kier molecular flexibility index (Phi) is 8.97. The van der Waals surface area contributed by atoms with Crippen LogP contribution in [-0.4, -0.2) is 18.6 Å². The molecule has 6 heteroatoms. The molecule has 5 nitrogen and oxygen atoms in total. The highest BCUT2D eigenvalue weighted by Crippen LogP contribution is 2.35. The van der Waals surface area contributed by atoms with Gasteiger partial charge < -0.3 is 14.8 Å². The summed E-state index contributed by atoms with van der Waals surface area (Å²) >= 11 is 5.97. The van der Waals surface area contributed by atoms with Gasteiger partial charge in [-0.25, -0.2) is 0 Å². The minimum Gasteiger partial charge on any atom is -0.490 e. The number of carbonyl (C=O) groups excluding carboxylic acids is 1. The summed E-state index contributed by atoms with van der Waals surface area (Å²) in [7, 11) is 0. The summed E-state index contributed by atoms with van der Waals surface area (Å²) in [5, 5.41) is 13.2. The second-order valence-corrected chi connectivity index (χ2v) is 8.41. The van der Waals surface area contributed by atoms with E-state index in [4.69, 9.17) is 21.1 Å². The molecule has 33 heavy (non-hydrogen) atoms. The maximum absolute atomic E-state index is 12.6. The van der Waals surface area contributed by atoms with Gasteiger partial charge in [0.05, 0.1) is 6.61 Å². The summed E-state index contributed by atoms with van der Waals surface area (Å²) in [4.78, 5) is 12.6. The van der Waals surface area contributed by atoms with E-state index in [0.717, 1.165) is 36.8 Å². The number of nitrogens with zero attached hydrogens (tertiary/aromatic N) is 1. The smallest absolute Gasteiger partial charge is 0.262 e. The van der Waals surface area contributed by atoms with Crippen molar-refractivity contribution in [2.75, 3.05) is 6.61 Å². The monoisotopic (exact) mass is 464 g/mol. The first-order valence-corrected chi connectivity index (χ1v) is 11.6. The molecule has 1 aliphatic carbocycles. The van der Waals surface area contributed by atoms with Gasteiger partial charge in [0.2, 0.25) is 0 Å². The lowest BCUT2D eigenvalue weighted by molar-refractivity contribution is -0.117. The molecule has 0 aromatic heterocycles. The molecule has 0 spiro atoms. The van der Waals surface area contributed by atoms with Gasteiger partial charge in [-0.3, -0.25) is 4.79 Å². The van der Waals surface area contributed by atoms with Gasteiger partial charge in [0.25, 0.3) is 5.91 Å². The lowest BCUT2D eigenvalue weighted by Crippen LogP contribution is -2.33. The molecule has 1 aliphatic rings. The predicted molar refractivity (Wildman–Crippen MR) is 131 cm³/mol. The first kappa shape index (κ1) is 24.4. The number of hydrogen-bond acceptors (Lipinski definition) is 4. The van der Waals surface area contributed by atoms with Gasteiger partial charge in [0.1, 0.15) is 18.2 Å². The first-order chi connectivity index (χ1) is 16.0. The minimum atomic E-state index is -0.337. The normalized spacial score (nSPS) is 13.9. The van der Waals surface area contributed by atoms with Gasteiger partial charge >= 0.3 is 0 Å². The molecule has 1 N–H and O–H groups in total. The molecule has 0 saturated heterocycles. The highest BCUT2D eigenvalue weighted by Gasteiger charge is 2.20. The predicted octanol–water partition coefficient (Wildman–Crippen LogP) is 6.01. The Morgan fingerprint density at radius 1 is 1.24 bits per heavy atom. The Morgan fingerprint density at radius 2 is 1.97 bits per heavy atom. The number of carbonyl (C=O) groups is 1. The van der Waals surface area contributed by atoms with Gasteiger partial charge in [0.15, 0.2) is 11.5 Å². The van der Waals surface area contributed by atoms with E-state index in [1.807, 2.05) is 43.3 Å². The van der Waals surface area contributed by atoms with Crippen molar-refractivity contribution in [3.05, 3.63) is 76.3 Å². The number of amides is 1. The maximum atomic E-state index is 12.6. The van der Waals surface area contributed by atoms with Gasteiger partial charge in [-0.05, 0) is 67.7 Å². The van der Waals surface area contributed by atoms with Gasteiger partial charge in [-0.1, -0.05) is 42.7 Å². The number of allylic oxidation sites excluding steroid dienone is 1. The van der Waals surface area contributed by atoms with Gasteiger partial charge in [-0.2, -0.15) is 5.26 Å². The fraction of sp³-hybridized carbons (Fsp3) is 0.333. The number of nitrogens with one attached hydrogen (secondary N) is 1. The van der Waals surface area contributed by atoms with Crippen molar-refractivity contribution in [1.29, 1.82) is 5.26 Å². The quantitative estimate of drug-likeness (QED) is 0.265. The molecule has 1 saturated carbocycles. The van der Waals surface area contributed by atoms with Crippen molar-refractivity contribution in [2.45, 2.75) is 51.7 Å². The second kappa shape index (κ2) is 12.1. The zero-order chi connectivity index (χ0) is 23.6. The topological polar surface area (TPSA) is 71.4 Å². The van der Waals surface area contributed by atoms with Crippen LogP contribution in [0, 0.1) is 11.3 Å². The van der Waals surface area contributed by atoms with Crippen LogP contribution in [0.5, 0.6) is 11.5 Å². The SMILES string of the molecule is C=CCc1cc(/C=C(/C#N)C(=O)NC2CCCC2)cc(OCC)c1OCc1ccc(Cl)cc1. The molecular formula is C27H29ClN2O3. The molecule has 2 aromatic carbocycles. The lowest BCUT2D eigenvalue weighted by atomic mass is 10.0. The zero-order valence-corrected chi connectivity index (χ0v) is 19.7. The van der Waals surface area contributed by atoms with Crippen molar-refractivity contribution < 1.29 is 14.3 Å². The average Bonchev–Trinajstić information content (AvgIpc) is 3.31. The summed E-state index contributed by atoms with van der Waals surface area (Å²) in [5.74, 6) is 0.846. The number of halogens is 1. The van der Waals surface area contributed by atoms with E-state index in [1.54, 1.807) is 18.2 Å². The van der Waals surface area contributed by atoms with Crippen LogP contribution in [0.15, 0.2) is 54.6 Å². The van der Waals surface area contributed by atoms with E-state index in [1.165, 1.54) is 0 Å². The van der Waals surface area contributed by atoms with Crippen molar-refractivity contribution >= 4 is 23.6 Å². The van der Waals surface area contributed by atoms with Gasteiger partial charge in [0, 0.05) is 16.6 Å². The van der Waals surface area contributed by atoms with E-state index in [0.29, 0.717) is 41.7 Å². The number of hydrogen-bond donors (Lipinski definition) is 1. The molecule has 1 fully saturated rings. The molecule has 1 amide bonds. The molecule has 2 aromatic rings. The molecule has 0 unspecified atom stereocenters. The van der Waals surface area contributed by atoms with Crippen LogP contribution >= 0.6 is 11.6 Å². The summed E-state index contributed by atoms with van der Waals surface area (Å²) < 4.78 is 12.0. The molecule has 0 heterocycles. The van der Waals surface area contributed by atoms with Crippen LogP contribution in [0.2, 0.25) is 5.02 Å². The zero-order valence-electron chi connectivity index (χ0n) is 18.9. The van der Waals surface area contributed by atoms with Crippen LogP contribution in [0.3, 0.4) is 0 Å². The third-order valence-corrected chi connectivity index (χ3v) is 5.73. The van der Waals surface area contributed by atoms with Crippen LogP contribution in [0.1, 0.15) is 49.3 Å². The second-order valence-electron chi connectivity index (χ2n) is 7.97. The highest BCUT2D eigenvalue weighted by molar-refractivity contribution is 6.30. The molecule has 0 radical (unpaired) electrons. The Balaban J connectivity index is 1.89. The van der Waals surface area contributed by atoms with Crippen molar-refractivity contribution in [3.8, 4) is 17.6 Å². The van der Waals surface area contributed by atoms with Crippen LogP contribution in [-0.2, 0) is 17.8 Å². The molecule has 172 valence electrons. The number of rotatable bonds is 10. The molecular weight excluding hydrogens is 436 g/mol. The average molecular weight is 465 g/mol. The number of benzene rings is 2. The molecule has 0 bridgehead atoms. The summed E-state index contributed by atoms with van der Waals surface area (Å²) in [6.07, 6.45) is 8.07. The fourth-order valence-corrected chi connectivity index (χ4v) is 4.01. The first-order valence-electron chi connectivity index (χ1n) is 11.2. The third kappa shape index (κ3) is 6.87. The van der Waals surface area contributed by atoms with Crippen LogP contribution in [0.4, 0.5) is 0 Å². The van der Waals surface area contributed by atoms with Crippen molar-refractivity contribution in [3.63, 3.8) is 0 Å². The summed E-state index contributed by atoms with van der Waals surface area (Å²) in [6, 6.07) is 13.4. The number of nitriles is 1. The molecule has 0 aliphatic heterocycles.